The van der Waals surface area contributed by atoms with Crippen molar-refractivity contribution >= 4 is 0 Å². The topological polar surface area (TPSA) is 21.3 Å². The molecule has 1 aliphatic carbocycles. The molecule has 112 valence electrons. The fourth-order valence-electron chi connectivity index (χ4n) is 2.82. The molecule has 1 atom stereocenters. The molecule has 0 bridgehead atoms. The highest BCUT2D eigenvalue weighted by Gasteiger charge is 2.35. The van der Waals surface area contributed by atoms with Crippen LogP contribution in [0.2, 0.25) is 0 Å². The van der Waals surface area contributed by atoms with Crippen molar-refractivity contribution < 1.29 is 17.9 Å². The number of hydrogen-bond acceptors (Lipinski definition) is 2. The van der Waals surface area contributed by atoms with E-state index in [4.69, 9.17) is 4.74 Å². The maximum Gasteiger partial charge on any atom is 0.390 e. The zero-order valence-corrected chi connectivity index (χ0v) is 11.7. The number of hydrogen-bond donors (Lipinski definition) is 1. The molecule has 1 unspecified atom stereocenters. The Balaban J connectivity index is 1.83. The molecular formula is C15H20F3NO. The largest absolute Gasteiger partial charge is 0.496 e. The van der Waals surface area contributed by atoms with Crippen LogP contribution < -0.4 is 10.1 Å². The average molecular weight is 287 g/mol. The van der Waals surface area contributed by atoms with Crippen molar-refractivity contribution in [1.29, 1.82) is 0 Å². The second-order valence-electron chi connectivity index (χ2n) is 5.49. The number of alkyl halides is 3. The molecule has 1 aromatic carbocycles. The smallest absolute Gasteiger partial charge is 0.390 e. The first kappa shape index (κ1) is 15.2. The molecule has 20 heavy (non-hydrogen) atoms. The maximum absolute atomic E-state index is 12.3. The number of nitrogens with one attached hydrogen (secondary N) is 1. The Morgan fingerprint density at radius 2 is 1.95 bits per heavy atom. The van der Waals surface area contributed by atoms with Crippen molar-refractivity contribution in [2.45, 2.75) is 50.4 Å². The molecule has 2 rings (SSSR count). The summed E-state index contributed by atoms with van der Waals surface area (Å²) in [6.07, 6.45) is -3.15. The Morgan fingerprint density at radius 3 is 2.55 bits per heavy atom. The quantitative estimate of drug-likeness (QED) is 0.887. The van der Waals surface area contributed by atoms with Gasteiger partial charge in [0.1, 0.15) is 5.75 Å². The van der Waals surface area contributed by atoms with Crippen molar-refractivity contribution in [3.05, 3.63) is 29.8 Å². The van der Waals surface area contributed by atoms with Gasteiger partial charge in [-0.3, -0.25) is 0 Å². The van der Waals surface area contributed by atoms with Crippen LogP contribution in [-0.4, -0.2) is 25.4 Å². The van der Waals surface area contributed by atoms with Gasteiger partial charge in [-0.05, 0) is 37.3 Å². The van der Waals surface area contributed by atoms with E-state index in [2.05, 4.69) is 5.32 Å². The average Bonchev–Trinajstić information content (AvgIpc) is 2.31. The Labute approximate surface area is 117 Å². The molecule has 0 aliphatic heterocycles. The summed E-state index contributed by atoms with van der Waals surface area (Å²) in [5, 5.41) is 3.05. The van der Waals surface area contributed by atoms with Gasteiger partial charge in [-0.1, -0.05) is 18.2 Å². The summed E-state index contributed by atoms with van der Waals surface area (Å²) in [6.45, 7) is 1.59. The van der Waals surface area contributed by atoms with Crippen LogP contribution in [-0.2, 0) is 0 Å². The molecule has 0 heterocycles. The van der Waals surface area contributed by atoms with Crippen LogP contribution in [0, 0.1) is 0 Å². The molecule has 1 fully saturated rings. The lowest BCUT2D eigenvalue weighted by molar-refractivity contribution is -0.139. The molecule has 0 saturated heterocycles. The number of rotatable bonds is 5. The highest BCUT2D eigenvalue weighted by Crippen LogP contribution is 2.41. The second kappa shape index (κ2) is 6.04. The maximum atomic E-state index is 12.3. The molecule has 1 N–H and O–H groups in total. The lowest BCUT2D eigenvalue weighted by Gasteiger charge is -2.38. The van der Waals surface area contributed by atoms with E-state index >= 15 is 0 Å². The predicted octanol–water partition coefficient (Wildman–Crippen LogP) is 3.87. The van der Waals surface area contributed by atoms with Gasteiger partial charge >= 0.3 is 6.18 Å². The van der Waals surface area contributed by atoms with Crippen molar-refractivity contribution in [3.63, 3.8) is 0 Å². The molecule has 0 spiro atoms. The van der Waals surface area contributed by atoms with E-state index in [-0.39, 0.29) is 6.04 Å². The predicted molar refractivity (Wildman–Crippen MR) is 72.0 cm³/mol. The van der Waals surface area contributed by atoms with Gasteiger partial charge in [-0.15, -0.1) is 0 Å². The van der Waals surface area contributed by atoms with Gasteiger partial charge in [0, 0.05) is 12.1 Å². The number of benzene rings is 1. The summed E-state index contributed by atoms with van der Waals surface area (Å²) < 4.78 is 42.1. The Kier molecular flexibility index (Phi) is 4.58. The minimum atomic E-state index is -4.10. The second-order valence-corrected chi connectivity index (χ2v) is 5.49. The fraction of sp³-hybridized carbons (Fsp3) is 0.600. The first-order valence-corrected chi connectivity index (χ1v) is 6.84. The third-order valence-corrected chi connectivity index (χ3v) is 3.77. The van der Waals surface area contributed by atoms with E-state index in [0.717, 1.165) is 24.2 Å². The first-order chi connectivity index (χ1) is 9.39. The summed E-state index contributed by atoms with van der Waals surface area (Å²) in [4.78, 5) is 0. The Bertz CT molecular complexity index is 441. The third-order valence-electron chi connectivity index (χ3n) is 3.77. The zero-order valence-electron chi connectivity index (χ0n) is 11.7. The first-order valence-electron chi connectivity index (χ1n) is 6.84. The molecule has 1 saturated carbocycles. The molecule has 5 heteroatoms. The number of methoxy groups -OCH3 is 1. The fourth-order valence-corrected chi connectivity index (χ4v) is 2.82. The summed E-state index contributed by atoms with van der Waals surface area (Å²) in [5.74, 6) is 1.24. The highest BCUT2D eigenvalue weighted by molar-refractivity contribution is 5.37. The van der Waals surface area contributed by atoms with Gasteiger partial charge in [0.05, 0.1) is 13.5 Å². The normalized spacial score (nSPS) is 24.1. The zero-order chi connectivity index (χ0) is 14.8. The molecule has 0 amide bonds. The van der Waals surface area contributed by atoms with Crippen LogP contribution in [0.5, 0.6) is 5.75 Å². The standard InChI is InChI=1S/C15H20F3NO/c1-10(9-15(16,17)18)19-12-7-11(8-12)13-5-3-4-6-14(13)20-2/h3-6,10-12,19H,7-9H2,1-2H3. The van der Waals surface area contributed by atoms with E-state index in [0.29, 0.717) is 5.92 Å². The van der Waals surface area contributed by atoms with Gasteiger partial charge in [-0.2, -0.15) is 13.2 Å². The van der Waals surface area contributed by atoms with E-state index in [9.17, 15) is 13.2 Å². The monoisotopic (exact) mass is 287 g/mol. The minimum Gasteiger partial charge on any atom is -0.496 e. The Hall–Kier alpha value is -1.23. The summed E-state index contributed by atoms with van der Waals surface area (Å²) in [7, 11) is 1.64. The SMILES string of the molecule is COc1ccccc1C1CC(NC(C)CC(F)(F)F)C1. The van der Waals surface area contributed by atoms with Crippen LogP contribution in [0.1, 0.15) is 37.7 Å². The number of ether oxygens (including phenoxy) is 1. The van der Waals surface area contributed by atoms with Gasteiger partial charge in [0.15, 0.2) is 0 Å². The summed E-state index contributed by atoms with van der Waals surface area (Å²) >= 11 is 0. The Morgan fingerprint density at radius 1 is 1.30 bits per heavy atom. The highest BCUT2D eigenvalue weighted by atomic mass is 19.4. The number of halogens is 3. The lowest BCUT2D eigenvalue weighted by atomic mass is 9.75. The molecule has 1 aliphatic rings. The molecule has 1 aromatic rings. The lowest BCUT2D eigenvalue weighted by Crippen LogP contribution is -2.45. The molecular weight excluding hydrogens is 267 g/mol. The van der Waals surface area contributed by atoms with Crippen LogP contribution in [0.15, 0.2) is 24.3 Å². The molecule has 0 radical (unpaired) electrons. The van der Waals surface area contributed by atoms with Crippen LogP contribution in [0.4, 0.5) is 13.2 Å². The van der Waals surface area contributed by atoms with E-state index in [1.807, 2.05) is 24.3 Å². The van der Waals surface area contributed by atoms with Crippen LogP contribution >= 0.6 is 0 Å². The summed E-state index contributed by atoms with van der Waals surface area (Å²) in [6, 6.07) is 7.47. The van der Waals surface area contributed by atoms with Crippen molar-refractivity contribution in [3.8, 4) is 5.75 Å². The molecule has 2 nitrogen and oxygen atoms in total. The van der Waals surface area contributed by atoms with E-state index in [1.165, 1.54) is 0 Å². The summed E-state index contributed by atoms with van der Waals surface area (Å²) in [5.41, 5.74) is 1.15. The van der Waals surface area contributed by atoms with Gasteiger partial charge in [-0.25, -0.2) is 0 Å². The van der Waals surface area contributed by atoms with Crippen molar-refractivity contribution in [1.82, 2.24) is 5.32 Å². The van der Waals surface area contributed by atoms with Gasteiger partial charge < -0.3 is 10.1 Å². The third kappa shape index (κ3) is 3.88. The van der Waals surface area contributed by atoms with Crippen LogP contribution in [0.25, 0.3) is 0 Å². The van der Waals surface area contributed by atoms with E-state index < -0.39 is 18.6 Å². The van der Waals surface area contributed by atoms with E-state index in [1.54, 1.807) is 14.0 Å². The van der Waals surface area contributed by atoms with Crippen LogP contribution in [0.3, 0.4) is 0 Å². The van der Waals surface area contributed by atoms with Crippen molar-refractivity contribution in [2.24, 2.45) is 0 Å². The van der Waals surface area contributed by atoms with Gasteiger partial charge in [0.2, 0.25) is 0 Å². The molecule has 0 aromatic heterocycles. The number of para-hydroxylation sites is 1. The minimum absolute atomic E-state index is 0.169. The van der Waals surface area contributed by atoms with Gasteiger partial charge in [0.25, 0.3) is 0 Å². The van der Waals surface area contributed by atoms with Crippen molar-refractivity contribution in [2.75, 3.05) is 7.11 Å².